The molecule has 1 N–H and O–H groups in total. The van der Waals surface area contributed by atoms with E-state index in [1.807, 2.05) is 31.2 Å². The average molecular weight is 424 g/mol. The minimum atomic E-state index is -0.668. The highest BCUT2D eigenvalue weighted by Gasteiger charge is 2.30. The molecule has 1 amide bonds. The number of amides is 1. The zero-order valence-corrected chi connectivity index (χ0v) is 18.6. The summed E-state index contributed by atoms with van der Waals surface area (Å²) in [6, 6.07) is 15.8. The highest BCUT2D eigenvalue weighted by Crippen LogP contribution is 2.44. The molecule has 31 heavy (non-hydrogen) atoms. The lowest BCUT2D eigenvalue weighted by Crippen LogP contribution is -2.42. The second-order valence-electron chi connectivity index (χ2n) is 8.04. The van der Waals surface area contributed by atoms with E-state index in [2.05, 4.69) is 36.5 Å². The number of alkyl carbamates (subject to hydrolysis) is 1. The van der Waals surface area contributed by atoms with Crippen LogP contribution >= 0.6 is 0 Å². The van der Waals surface area contributed by atoms with Crippen molar-refractivity contribution in [1.82, 2.24) is 5.32 Å². The summed E-state index contributed by atoms with van der Waals surface area (Å²) in [5, 5.41) is 2.74. The maximum atomic E-state index is 12.6. The van der Waals surface area contributed by atoms with E-state index in [0.29, 0.717) is 13.0 Å². The standard InChI is InChI=1S/C26H33NO4/c1-3-5-7-16-24(25(28)30-17-6-4-2)27-26(29)31-18-23-21-14-10-8-12-19(21)20-13-9-11-15-22(20)23/h8-15,23-24H,3-7,16-18H2,1-2H3,(H,27,29)/t24-/m1/s1. The Bertz CT molecular complexity index is 834. The van der Waals surface area contributed by atoms with E-state index in [9.17, 15) is 9.59 Å². The van der Waals surface area contributed by atoms with Gasteiger partial charge in [-0.05, 0) is 35.1 Å². The second kappa shape index (κ2) is 11.5. The van der Waals surface area contributed by atoms with Crippen LogP contribution in [0.2, 0.25) is 0 Å². The molecule has 0 saturated heterocycles. The zero-order chi connectivity index (χ0) is 22.1. The molecule has 3 rings (SSSR count). The van der Waals surface area contributed by atoms with Crippen molar-refractivity contribution in [2.24, 2.45) is 0 Å². The molecule has 0 saturated carbocycles. The van der Waals surface area contributed by atoms with Crippen LogP contribution in [0.25, 0.3) is 11.1 Å². The number of esters is 1. The average Bonchev–Trinajstić information content (AvgIpc) is 3.11. The quantitative estimate of drug-likeness (QED) is 0.365. The lowest BCUT2D eigenvalue weighted by Gasteiger charge is -2.19. The molecular formula is C26H33NO4. The van der Waals surface area contributed by atoms with Gasteiger partial charge in [-0.15, -0.1) is 0 Å². The maximum absolute atomic E-state index is 12.6. The zero-order valence-electron chi connectivity index (χ0n) is 18.6. The summed E-state index contributed by atoms with van der Waals surface area (Å²) in [6.45, 7) is 4.76. The number of nitrogens with one attached hydrogen (secondary N) is 1. The maximum Gasteiger partial charge on any atom is 0.407 e. The Kier molecular flexibility index (Phi) is 8.51. The molecule has 0 aliphatic heterocycles. The van der Waals surface area contributed by atoms with Gasteiger partial charge in [-0.3, -0.25) is 0 Å². The van der Waals surface area contributed by atoms with Crippen molar-refractivity contribution in [1.29, 1.82) is 0 Å². The van der Waals surface area contributed by atoms with Gasteiger partial charge in [-0.1, -0.05) is 88.1 Å². The van der Waals surface area contributed by atoms with Crippen molar-refractivity contribution in [3.8, 4) is 11.1 Å². The Hall–Kier alpha value is -2.82. The third-order valence-electron chi connectivity index (χ3n) is 5.76. The molecule has 5 heteroatoms. The molecule has 2 aromatic rings. The van der Waals surface area contributed by atoms with Gasteiger partial charge in [0, 0.05) is 5.92 Å². The first-order valence-corrected chi connectivity index (χ1v) is 11.4. The number of benzene rings is 2. The monoisotopic (exact) mass is 423 g/mol. The summed E-state index contributed by atoms with van der Waals surface area (Å²) in [7, 11) is 0. The smallest absolute Gasteiger partial charge is 0.407 e. The van der Waals surface area contributed by atoms with Gasteiger partial charge in [-0.25, -0.2) is 9.59 Å². The number of unbranched alkanes of at least 4 members (excludes halogenated alkanes) is 3. The van der Waals surface area contributed by atoms with Gasteiger partial charge in [0.1, 0.15) is 12.6 Å². The second-order valence-corrected chi connectivity index (χ2v) is 8.04. The lowest BCUT2D eigenvalue weighted by molar-refractivity contribution is -0.146. The molecule has 166 valence electrons. The van der Waals surface area contributed by atoms with Crippen molar-refractivity contribution in [3.63, 3.8) is 0 Å². The van der Waals surface area contributed by atoms with Crippen molar-refractivity contribution in [2.75, 3.05) is 13.2 Å². The molecule has 0 spiro atoms. The van der Waals surface area contributed by atoms with Crippen LogP contribution in [0.4, 0.5) is 4.79 Å². The van der Waals surface area contributed by atoms with E-state index in [1.165, 1.54) is 11.1 Å². The summed E-state index contributed by atoms with van der Waals surface area (Å²) in [5.41, 5.74) is 4.69. The molecular weight excluding hydrogens is 390 g/mol. The number of fused-ring (bicyclic) bond motifs is 3. The van der Waals surface area contributed by atoms with Crippen molar-refractivity contribution in [2.45, 2.75) is 64.3 Å². The third kappa shape index (κ3) is 5.87. The molecule has 2 aromatic carbocycles. The predicted octanol–water partition coefficient (Wildman–Crippen LogP) is 5.82. The highest BCUT2D eigenvalue weighted by atomic mass is 16.6. The SMILES string of the molecule is CCCCC[C@@H](NC(=O)OCC1c2ccccc2-c2ccccc21)C(=O)OCCCC. The van der Waals surface area contributed by atoms with E-state index in [1.54, 1.807) is 0 Å². The Balaban J connectivity index is 1.61. The molecule has 0 unspecified atom stereocenters. The summed E-state index contributed by atoms with van der Waals surface area (Å²) < 4.78 is 10.9. The molecule has 1 aliphatic carbocycles. The first-order chi connectivity index (χ1) is 15.2. The van der Waals surface area contributed by atoms with Crippen LogP contribution < -0.4 is 5.32 Å². The molecule has 0 aromatic heterocycles. The molecule has 0 bridgehead atoms. The number of carbonyl (C=O) groups excluding carboxylic acids is 2. The molecule has 0 fully saturated rings. The summed E-state index contributed by atoms with van der Waals surface area (Å²) in [6.07, 6.45) is 4.66. The van der Waals surface area contributed by atoms with Crippen LogP contribution in [0, 0.1) is 0 Å². The topological polar surface area (TPSA) is 64.6 Å². The fourth-order valence-corrected chi connectivity index (χ4v) is 4.05. The van der Waals surface area contributed by atoms with Gasteiger partial charge in [0.25, 0.3) is 0 Å². The Morgan fingerprint density at radius 3 is 2.10 bits per heavy atom. The largest absolute Gasteiger partial charge is 0.464 e. The Morgan fingerprint density at radius 2 is 1.48 bits per heavy atom. The van der Waals surface area contributed by atoms with E-state index >= 15 is 0 Å². The normalized spacial score (nSPS) is 13.2. The fraction of sp³-hybridized carbons (Fsp3) is 0.462. The van der Waals surface area contributed by atoms with Crippen molar-refractivity contribution >= 4 is 12.1 Å². The highest BCUT2D eigenvalue weighted by molar-refractivity contribution is 5.82. The summed E-state index contributed by atoms with van der Waals surface area (Å²) in [5.74, 6) is -0.383. The summed E-state index contributed by atoms with van der Waals surface area (Å²) in [4.78, 5) is 25.0. The van der Waals surface area contributed by atoms with E-state index in [-0.39, 0.29) is 18.5 Å². The van der Waals surface area contributed by atoms with Gasteiger partial charge in [0.05, 0.1) is 6.61 Å². The van der Waals surface area contributed by atoms with Crippen LogP contribution in [-0.4, -0.2) is 31.3 Å². The van der Waals surface area contributed by atoms with Crippen LogP contribution in [0.5, 0.6) is 0 Å². The summed E-state index contributed by atoms with van der Waals surface area (Å²) >= 11 is 0. The molecule has 5 nitrogen and oxygen atoms in total. The third-order valence-corrected chi connectivity index (χ3v) is 5.76. The van der Waals surface area contributed by atoms with Crippen molar-refractivity contribution in [3.05, 3.63) is 59.7 Å². The Morgan fingerprint density at radius 1 is 0.871 bits per heavy atom. The number of rotatable bonds is 11. The minimum absolute atomic E-state index is 0.00630. The first kappa shape index (κ1) is 22.9. The van der Waals surface area contributed by atoms with Gasteiger partial charge in [-0.2, -0.15) is 0 Å². The number of hydrogen-bond acceptors (Lipinski definition) is 4. The molecule has 0 heterocycles. The van der Waals surface area contributed by atoms with Crippen LogP contribution in [0.1, 0.15) is 69.4 Å². The van der Waals surface area contributed by atoms with Crippen LogP contribution in [-0.2, 0) is 14.3 Å². The van der Waals surface area contributed by atoms with Gasteiger partial charge >= 0.3 is 12.1 Å². The fourth-order valence-electron chi connectivity index (χ4n) is 4.05. The number of hydrogen-bond donors (Lipinski definition) is 1. The van der Waals surface area contributed by atoms with Gasteiger partial charge < -0.3 is 14.8 Å². The lowest BCUT2D eigenvalue weighted by atomic mass is 9.98. The molecule has 1 atom stereocenters. The first-order valence-electron chi connectivity index (χ1n) is 11.4. The predicted molar refractivity (Wildman–Crippen MR) is 122 cm³/mol. The van der Waals surface area contributed by atoms with Gasteiger partial charge in [0.15, 0.2) is 0 Å². The molecule has 1 aliphatic rings. The van der Waals surface area contributed by atoms with Crippen LogP contribution in [0.3, 0.4) is 0 Å². The van der Waals surface area contributed by atoms with Crippen molar-refractivity contribution < 1.29 is 19.1 Å². The number of carbonyl (C=O) groups is 2. The Labute approximate surface area is 185 Å². The number of ether oxygens (including phenoxy) is 2. The van der Waals surface area contributed by atoms with E-state index in [0.717, 1.165) is 43.2 Å². The van der Waals surface area contributed by atoms with Crippen LogP contribution in [0.15, 0.2) is 48.5 Å². The molecule has 0 radical (unpaired) electrons. The van der Waals surface area contributed by atoms with E-state index in [4.69, 9.17) is 9.47 Å². The van der Waals surface area contributed by atoms with E-state index < -0.39 is 12.1 Å². The minimum Gasteiger partial charge on any atom is -0.464 e. The van der Waals surface area contributed by atoms with Gasteiger partial charge in [0.2, 0.25) is 0 Å².